The molecule has 3 N–H and O–H groups in total. The fraction of sp³-hybridized carbons (Fsp3) is 0.167. The Bertz CT molecular complexity index is 892. The Morgan fingerprint density at radius 1 is 1.15 bits per heavy atom. The largest absolute Gasteiger partial charge is 0.394 e. The first-order chi connectivity index (χ1) is 12.5. The van der Waals surface area contributed by atoms with E-state index >= 15 is 0 Å². The Morgan fingerprint density at radius 3 is 2.73 bits per heavy atom. The van der Waals surface area contributed by atoms with Crippen molar-refractivity contribution in [3.63, 3.8) is 0 Å². The molecule has 0 radical (unpaired) electrons. The summed E-state index contributed by atoms with van der Waals surface area (Å²) in [5, 5.41) is 16.6. The Labute approximate surface area is 161 Å². The zero-order valence-corrected chi connectivity index (χ0v) is 15.5. The third kappa shape index (κ3) is 4.60. The van der Waals surface area contributed by atoms with Crippen LogP contribution >= 0.6 is 23.2 Å². The standard InChI is InChI=1S/C18H17Cl2N5O/c1-11(10-26)22-18-24-15(12-3-2-6-21-9-12)8-17(25-18)23-16-7-13(19)4-5-14(16)20/h2-9,11,26H,10H2,1H3,(H2,22,23,24,25)/t11-/m0/s1. The van der Waals surface area contributed by atoms with Crippen molar-refractivity contribution in [1.29, 1.82) is 0 Å². The molecule has 0 bridgehead atoms. The Hall–Kier alpha value is -2.41. The van der Waals surface area contributed by atoms with Gasteiger partial charge in [0.05, 0.1) is 23.0 Å². The number of aliphatic hydroxyl groups is 1. The van der Waals surface area contributed by atoms with Gasteiger partial charge < -0.3 is 15.7 Å². The SMILES string of the molecule is C[C@@H](CO)Nc1nc(Nc2cc(Cl)ccc2Cl)cc(-c2cccnc2)n1. The van der Waals surface area contributed by atoms with Gasteiger partial charge in [-0.05, 0) is 37.3 Å². The summed E-state index contributed by atoms with van der Waals surface area (Å²) in [5.74, 6) is 0.921. The van der Waals surface area contributed by atoms with Gasteiger partial charge in [-0.3, -0.25) is 4.98 Å². The number of halogens is 2. The molecule has 0 amide bonds. The van der Waals surface area contributed by atoms with Crippen LogP contribution in [0.4, 0.5) is 17.5 Å². The molecule has 0 aliphatic carbocycles. The summed E-state index contributed by atoms with van der Waals surface area (Å²) in [6.07, 6.45) is 3.42. The van der Waals surface area contributed by atoms with Crippen molar-refractivity contribution in [2.75, 3.05) is 17.2 Å². The Morgan fingerprint density at radius 2 is 2.00 bits per heavy atom. The number of anilines is 3. The lowest BCUT2D eigenvalue weighted by molar-refractivity contribution is 0.281. The number of pyridine rings is 1. The van der Waals surface area contributed by atoms with Gasteiger partial charge >= 0.3 is 0 Å². The second kappa shape index (κ2) is 8.31. The summed E-state index contributed by atoms with van der Waals surface area (Å²) in [7, 11) is 0. The molecule has 26 heavy (non-hydrogen) atoms. The van der Waals surface area contributed by atoms with E-state index < -0.39 is 0 Å². The first-order valence-corrected chi connectivity index (χ1v) is 8.69. The molecule has 1 aromatic carbocycles. The summed E-state index contributed by atoms with van der Waals surface area (Å²) in [6.45, 7) is 1.80. The summed E-state index contributed by atoms with van der Waals surface area (Å²) < 4.78 is 0. The van der Waals surface area contributed by atoms with Gasteiger partial charge in [-0.1, -0.05) is 23.2 Å². The molecule has 0 aliphatic rings. The Balaban J connectivity index is 2.00. The highest BCUT2D eigenvalue weighted by molar-refractivity contribution is 6.35. The normalized spacial score (nSPS) is 11.8. The molecule has 0 aliphatic heterocycles. The average molecular weight is 390 g/mol. The van der Waals surface area contributed by atoms with Crippen molar-refractivity contribution in [1.82, 2.24) is 15.0 Å². The lowest BCUT2D eigenvalue weighted by atomic mass is 10.2. The quantitative estimate of drug-likeness (QED) is 0.579. The summed E-state index contributed by atoms with van der Waals surface area (Å²) in [4.78, 5) is 13.1. The highest BCUT2D eigenvalue weighted by Gasteiger charge is 2.11. The van der Waals surface area contributed by atoms with E-state index in [4.69, 9.17) is 23.2 Å². The van der Waals surface area contributed by atoms with E-state index in [1.54, 1.807) is 36.7 Å². The van der Waals surface area contributed by atoms with E-state index in [1.807, 2.05) is 19.1 Å². The smallest absolute Gasteiger partial charge is 0.225 e. The predicted octanol–water partition coefficient (Wildman–Crippen LogP) is 4.38. The van der Waals surface area contributed by atoms with E-state index in [9.17, 15) is 5.11 Å². The molecule has 6 nitrogen and oxygen atoms in total. The second-order valence-electron chi connectivity index (χ2n) is 5.68. The number of aromatic nitrogens is 3. The van der Waals surface area contributed by atoms with Gasteiger partial charge in [-0.15, -0.1) is 0 Å². The van der Waals surface area contributed by atoms with Gasteiger partial charge in [0.2, 0.25) is 5.95 Å². The molecule has 134 valence electrons. The lowest BCUT2D eigenvalue weighted by Gasteiger charge is -2.14. The van der Waals surface area contributed by atoms with Crippen LogP contribution in [0.25, 0.3) is 11.3 Å². The molecule has 3 rings (SSSR count). The molecule has 0 fully saturated rings. The first-order valence-electron chi connectivity index (χ1n) is 7.94. The minimum atomic E-state index is -0.193. The number of rotatable bonds is 6. The van der Waals surface area contributed by atoms with Gasteiger partial charge in [-0.25, -0.2) is 4.98 Å². The lowest BCUT2D eigenvalue weighted by Crippen LogP contribution is -2.21. The van der Waals surface area contributed by atoms with Crippen LogP contribution in [0.1, 0.15) is 6.92 Å². The van der Waals surface area contributed by atoms with Crippen molar-refractivity contribution < 1.29 is 5.11 Å². The van der Waals surface area contributed by atoms with E-state index in [-0.39, 0.29) is 12.6 Å². The van der Waals surface area contributed by atoms with Crippen LogP contribution < -0.4 is 10.6 Å². The van der Waals surface area contributed by atoms with E-state index in [0.717, 1.165) is 5.56 Å². The molecule has 2 aromatic heterocycles. The molecular formula is C18H17Cl2N5O. The van der Waals surface area contributed by atoms with Crippen molar-refractivity contribution in [2.24, 2.45) is 0 Å². The number of hydrogen-bond acceptors (Lipinski definition) is 6. The van der Waals surface area contributed by atoms with Crippen molar-refractivity contribution in [3.05, 3.63) is 58.8 Å². The summed E-state index contributed by atoms with van der Waals surface area (Å²) in [6, 6.07) is 10.5. The monoisotopic (exact) mass is 389 g/mol. The third-order valence-electron chi connectivity index (χ3n) is 3.52. The maximum atomic E-state index is 9.28. The first kappa shape index (κ1) is 18.4. The molecule has 0 spiro atoms. The highest BCUT2D eigenvalue weighted by atomic mass is 35.5. The number of nitrogens with zero attached hydrogens (tertiary/aromatic N) is 3. The number of hydrogen-bond donors (Lipinski definition) is 3. The number of benzene rings is 1. The van der Waals surface area contributed by atoms with Crippen LogP contribution in [0.2, 0.25) is 10.0 Å². The molecule has 0 saturated heterocycles. The van der Waals surface area contributed by atoms with Gasteiger partial charge in [0.25, 0.3) is 0 Å². The minimum Gasteiger partial charge on any atom is -0.394 e. The van der Waals surface area contributed by atoms with Gasteiger partial charge in [0, 0.05) is 35.1 Å². The maximum absolute atomic E-state index is 9.28. The topological polar surface area (TPSA) is 83.0 Å². The average Bonchev–Trinajstić information content (AvgIpc) is 2.65. The fourth-order valence-corrected chi connectivity index (χ4v) is 2.57. The molecule has 2 heterocycles. The number of aliphatic hydroxyl groups excluding tert-OH is 1. The second-order valence-corrected chi connectivity index (χ2v) is 6.52. The fourth-order valence-electron chi connectivity index (χ4n) is 2.24. The summed E-state index contributed by atoms with van der Waals surface area (Å²) in [5.41, 5.74) is 2.16. The Kier molecular flexibility index (Phi) is 5.88. The van der Waals surface area contributed by atoms with E-state index in [1.165, 1.54) is 0 Å². The van der Waals surface area contributed by atoms with Crippen LogP contribution in [-0.4, -0.2) is 32.7 Å². The van der Waals surface area contributed by atoms with Gasteiger partial charge in [0.1, 0.15) is 5.82 Å². The van der Waals surface area contributed by atoms with Gasteiger partial charge in [-0.2, -0.15) is 4.98 Å². The molecule has 1 atom stereocenters. The molecule has 0 unspecified atom stereocenters. The molecule has 0 saturated carbocycles. The zero-order valence-electron chi connectivity index (χ0n) is 13.9. The van der Waals surface area contributed by atoms with Crippen molar-refractivity contribution >= 4 is 40.7 Å². The van der Waals surface area contributed by atoms with Crippen molar-refractivity contribution in [2.45, 2.75) is 13.0 Å². The number of nitrogens with one attached hydrogen (secondary N) is 2. The molecule has 8 heteroatoms. The van der Waals surface area contributed by atoms with Crippen molar-refractivity contribution in [3.8, 4) is 11.3 Å². The van der Waals surface area contributed by atoms with E-state index in [2.05, 4.69) is 25.6 Å². The predicted molar refractivity (Wildman–Crippen MR) is 105 cm³/mol. The third-order valence-corrected chi connectivity index (χ3v) is 4.09. The van der Waals surface area contributed by atoms with Crippen LogP contribution in [-0.2, 0) is 0 Å². The van der Waals surface area contributed by atoms with Gasteiger partial charge in [0.15, 0.2) is 0 Å². The minimum absolute atomic E-state index is 0.0383. The van der Waals surface area contributed by atoms with E-state index in [0.29, 0.717) is 33.2 Å². The van der Waals surface area contributed by atoms with Crippen LogP contribution in [0.3, 0.4) is 0 Å². The highest BCUT2D eigenvalue weighted by Crippen LogP contribution is 2.29. The molecular weight excluding hydrogens is 373 g/mol. The van der Waals surface area contributed by atoms with Crippen LogP contribution in [0, 0.1) is 0 Å². The van der Waals surface area contributed by atoms with Crippen LogP contribution in [0.5, 0.6) is 0 Å². The zero-order chi connectivity index (χ0) is 18.5. The molecule has 3 aromatic rings. The summed E-state index contributed by atoms with van der Waals surface area (Å²) >= 11 is 12.3. The van der Waals surface area contributed by atoms with Crippen LogP contribution in [0.15, 0.2) is 48.8 Å². The maximum Gasteiger partial charge on any atom is 0.225 e.